The Morgan fingerprint density at radius 2 is 2.12 bits per heavy atom. The first kappa shape index (κ1) is 16.4. The van der Waals surface area contributed by atoms with E-state index in [1.165, 1.54) is 11.3 Å². The van der Waals surface area contributed by atoms with Crippen molar-refractivity contribution in [2.45, 2.75) is 27.3 Å². The van der Waals surface area contributed by atoms with Crippen LogP contribution in [0.4, 0.5) is 0 Å². The Labute approximate surface area is 144 Å². The molecule has 0 spiro atoms. The molecule has 0 unspecified atom stereocenters. The van der Waals surface area contributed by atoms with Gasteiger partial charge in [-0.05, 0) is 45.0 Å². The van der Waals surface area contributed by atoms with E-state index in [9.17, 15) is 4.79 Å². The van der Waals surface area contributed by atoms with Crippen LogP contribution in [0.25, 0.3) is 10.2 Å². The molecule has 3 aromatic rings. The topological polar surface area (TPSA) is 61.4 Å². The number of hydrogen-bond donors (Lipinski definition) is 0. The van der Waals surface area contributed by atoms with Crippen molar-refractivity contribution >= 4 is 27.5 Å². The van der Waals surface area contributed by atoms with Crippen LogP contribution in [0, 0.1) is 6.92 Å². The number of benzene rings is 1. The standard InChI is InChI=1S/C17H20N4O2S/c1-5-21-14(9-11(3)19-21)16(22)18-17-20(4)13-8-7-12(23-6-2)10-15(13)24-17/h7-10H,5-6H2,1-4H3. The molecule has 1 amide bonds. The van der Waals surface area contributed by atoms with Crippen molar-refractivity contribution < 1.29 is 9.53 Å². The number of fused-ring (bicyclic) bond motifs is 1. The second-order valence-corrected chi connectivity index (χ2v) is 6.42. The van der Waals surface area contributed by atoms with E-state index in [0.29, 0.717) is 23.6 Å². The summed E-state index contributed by atoms with van der Waals surface area (Å²) in [5.41, 5.74) is 2.36. The van der Waals surface area contributed by atoms with Gasteiger partial charge in [0.05, 0.1) is 22.5 Å². The lowest BCUT2D eigenvalue weighted by atomic mass is 10.3. The number of nitrogens with zero attached hydrogens (tertiary/aromatic N) is 4. The number of amides is 1. The highest BCUT2D eigenvalue weighted by Crippen LogP contribution is 2.22. The first-order chi connectivity index (χ1) is 11.5. The normalized spacial score (nSPS) is 12.1. The van der Waals surface area contributed by atoms with Gasteiger partial charge in [0.25, 0.3) is 5.91 Å². The molecule has 2 aromatic heterocycles. The zero-order valence-electron chi connectivity index (χ0n) is 14.2. The highest BCUT2D eigenvalue weighted by Gasteiger charge is 2.13. The van der Waals surface area contributed by atoms with Crippen molar-refractivity contribution in [3.05, 3.63) is 40.5 Å². The van der Waals surface area contributed by atoms with E-state index in [1.807, 2.05) is 50.6 Å². The van der Waals surface area contributed by atoms with Crippen LogP contribution in [-0.2, 0) is 13.6 Å². The second kappa shape index (κ2) is 6.60. The average Bonchev–Trinajstić information content (AvgIpc) is 3.08. The van der Waals surface area contributed by atoms with Crippen molar-refractivity contribution in [1.82, 2.24) is 14.3 Å². The first-order valence-electron chi connectivity index (χ1n) is 7.89. The monoisotopic (exact) mass is 344 g/mol. The average molecular weight is 344 g/mol. The number of carbonyl (C=O) groups is 1. The van der Waals surface area contributed by atoms with E-state index >= 15 is 0 Å². The number of aromatic nitrogens is 3. The molecule has 0 radical (unpaired) electrons. The zero-order valence-corrected chi connectivity index (χ0v) is 15.1. The van der Waals surface area contributed by atoms with Gasteiger partial charge in [-0.3, -0.25) is 9.48 Å². The van der Waals surface area contributed by atoms with Crippen molar-refractivity contribution in [1.29, 1.82) is 0 Å². The summed E-state index contributed by atoms with van der Waals surface area (Å²) in [7, 11) is 1.91. The fraction of sp³-hybridized carbons (Fsp3) is 0.353. The Morgan fingerprint density at radius 1 is 1.33 bits per heavy atom. The molecule has 1 aromatic carbocycles. The number of rotatable bonds is 4. The number of carbonyl (C=O) groups excluding carboxylic acids is 1. The van der Waals surface area contributed by atoms with Gasteiger partial charge < -0.3 is 9.30 Å². The minimum atomic E-state index is -0.273. The molecule has 0 aliphatic heterocycles. The van der Waals surface area contributed by atoms with Crippen LogP contribution in [0.15, 0.2) is 29.3 Å². The lowest BCUT2D eigenvalue weighted by Crippen LogP contribution is -2.15. The van der Waals surface area contributed by atoms with Crippen LogP contribution in [0.1, 0.15) is 30.0 Å². The fourth-order valence-corrected chi connectivity index (χ4v) is 3.63. The maximum Gasteiger partial charge on any atom is 0.297 e. The lowest BCUT2D eigenvalue weighted by molar-refractivity contribution is 0.0988. The molecule has 0 N–H and O–H groups in total. The van der Waals surface area contributed by atoms with Crippen LogP contribution in [0.3, 0.4) is 0 Å². The van der Waals surface area contributed by atoms with Gasteiger partial charge in [0, 0.05) is 13.6 Å². The molecule has 24 heavy (non-hydrogen) atoms. The second-order valence-electron chi connectivity index (χ2n) is 5.41. The molecule has 0 atom stereocenters. The van der Waals surface area contributed by atoms with Crippen molar-refractivity contribution in [2.24, 2.45) is 12.0 Å². The summed E-state index contributed by atoms with van der Waals surface area (Å²) in [5.74, 6) is 0.550. The molecule has 3 rings (SSSR count). The van der Waals surface area contributed by atoms with Crippen LogP contribution in [-0.4, -0.2) is 26.9 Å². The number of aryl methyl sites for hydroxylation is 3. The predicted molar refractivity (Wildman–Crippen MR) is 94.5 cm³/mol. The van der Waals surface area contributed by atoms with Crippen LogP contribution in [0.2, 0.25) is 0 Å². The van der Waals surface area contributed by atoms with E-state index in [2.05, 4.69) is 10.1 Å². The third-order valence-corrected chi connectivity index (χ3v) is 4.80. The Morgan fingerprint density at radius 3 is 2.83 bits per heavy atom. The van der Waals surface area contributed by atoms with Gasteiger partial charge in [-0.2, -0.15) is 10.1 Å². The fourth-order valence-electron chi connectivity index (χ4n) is 2.58. The van der Waals surface area contributed by atoms with Gasteiger partial charge in [0.2, 0.25) is 0 Å². The smallest absolute Gasteiger partial charge is 0.297 e. The van der Waals surface area contributed by atoms with Crippen LogP contribution < -0.4 is 9.54 Å². The van der Waals surface area contributed by atoms with E-state index < -0.39 is 0 Å². The lowest BCUT2D eigenvalue weighted by Gasteiger charge is -2.02. The SMILES string of the molecule is CCOc1ccc2c(c1)sc(=NC(=O)c1cc(C)nn1CC)n2C. The van der Waals surface area contributed by atoms with Gasteiger partial charge in [0.15, 0.2) is 4.80 Å². The highest BCUT2D eigenvalue weighted by molar-refractivity contribution is 7.16. The summed E-state index contributed by atoms with van der Waals surface area (Å²) in [6.45, 7) is 7.05. The van der Waals surface area contributed by atoms with Gasteiger partial charge >= 0.3 is 0 Å². The zero-order chi connectivity index (χ0) is 17.3. The van der Waals surface area contributed by atoms with Gasteiger partial charge in [-0.25, -0.2) is 0 Å². The molecule has 6 nitrogen and oxygen atoms in total. The van der Waals surface area contributed by atoms with Crippen molar-refractivity contribution in [3.8, 4) is 5.75 Å². The molecule has 2 heterocycles. The highest BCUT2D eigenvalue weighted by atomic mass is 32.1. The molecule has 0 aliphatic rings. The molecule has 7 heteroatoms. The molecule has 0 aliphatic carbocycles. The van der Waals surface area contributed by atoms with Gasteiger partial charge in [-0.15, -0.1) is 0 Å². The third-order valence-electron chi connectivity index (χ3n) is 3.71. The van der Waals surface area contributed by atoms with Gasteiger partial charge in [-0.1, -0.05) is 11.3 Å². The Kier molecular flexibility index (Phi) is 4.53. The summed E-state index contributed by atoms with van der Waals surface area (Å²) < 4.78 is 10.2. The van der Waals surface area contributed by atoms with E-state index in [4.69, 9.17) is 4.74 Å². The quantitative estimate of drug-likeness (QED) is 0.731. The molecule has 126 valence electrons. The Bertz CT molecular complexity index is 965. The Balaban J connectivity index is 2.06. The van der Waals surface area contributed by atoms with E-state index in [1.54, 1.807) is 10.7 Å². The molecular formula is C17H20N4O2S. The number of ether oxygens (including phenoxy) is 1. The van der Waals surface area contributed by atoms with Crippen LogP contribution in [0.5, 0.6) is 5.75 Å². The number of hydrogen-bond acceptors (Lipinski definition) is 4. The van der Waals surface area contributed by atoms with Crippen LogP contribution >= 0.6 is 11.3 Å². The predicted octanol–water partition coefficient (Wildman–Crippen LogP) is 2.90. The largest absolute Gasteiger partial charge is 0.494 e. The molecule has 0 bridgehead atoms. The summed E-state index contributed by atoms with van der Waals surface area (Å²) in [4.78, 5) is 17.5. The van der Waals surface area contributed by atoms with Crippen molar-refractivity contribution in [2.75, 3.05) is 6.61 Å². The van der Waals surface area contributed by atoms with Gasteiger partial charge in [0.1, 0.15) is 11.4 Å². The molecule has 0 fully saturated rings. The van der Waals surface area contributed by atoms with E-state index in [-0.39, 0.29) is 5.91 Å². The summed E-state index contributed by atoms with van der Waals surface area (Å²) in [5, 5.41) is 4.30. The third kappa shape index (κ3) is 2.99. The first-order valence-corrected chi connectivity index (χ1v) is 8.71. The number of thiazole rings is 1. The molecule has 0 saturated carbocycles. The summed E-state index contributed by atoms with van der Waals surface area (Å²) in [6.07, 6.45) is 0. The maximum absolute atomic E-state index is 12.5. The maximum atomic E-state index is 12.5. The Hall–Kier alpha value is -2.41. The summed E-state index contributed by atoms with van der Waals surface area (Å²) >= 11 is 1.47. The minimum absolute atomic E-state index is 0.273. The van der Waals surface area contributed by atoms with Crippen molar-refractivity contribution in [3.63, 3.8) is 0 Å². The molecular weight excluding hydrogens is 324 g/mol. The minimum Gasteiger partial charge on any atom is -0.494 e. The molecule has 0 saturated heterocycles. The summed E-state index contributed by atoms with van der Waals surface area (Å²) in [6, 6.07) is 7.67. The van der Waals surface area contributed by atoms with E-state index in [0.717, 1.165) is 21.7 Å².